The molecule has 0 unspecified atom stereocenters. The molecule has 0 aliphatic heterocycles. The zero-order valence-corrected chi connectivity index (χ0v) is 9.02. The number of rotatable bonds is 2. The van der Waals surface area contributed by atoms with E-state index in [9.17, 15) is 15.0 Å². The molecule has 5 N–H and O–H groups in total. The maximum atomic E-state index is 10.3. The lowest BCUT2D eigenvalue weighted by Gasteiger charge is -2.01. The molecule has 0 fully saturated rings. The largest absolute Gasteiger partial charge is 0.504 e. The molecular formula is C8H8BrN3O3. The van der Waals surface area contributed by atoms with Crippen molar-refractivity contribution in [3.8, 4) is 11.5 Å². The van der Waals surface area contributed by atoms with Crippen LogP contribution in [0.5, 0.6) is 11.5 Å². The van der Waals surface area contributed by atoms with Crippen LogP contribution in [0.3, 0.4) is 0 Å². The molecule has 7 heteroatoms. The van der Waals surface area contributed by atoms with Gasteiger partial charge in [-0.3, -0.25) is 0 Å². The Kier molecular flexibility index (Phi) is 3.51. The van der Waals surface area contributed by atoms with Gasteiger partial charge in [0.2, 0.25) is 0 Å². The first-order valence-electron chi connectivity index (χ1n) is 3.80. The van der Waals surface area contributed by atoms with Gasteiger partial charge in [0.15, 0.2) is 11.5 Å². The number of halogens is 1. The number of aromatic hydroxyl groups is 2. The fraction of sp³-hybridized carbons (Fsp3) is 0. The van der Waals surface area contributed by atoms with Gasteiger partial charge in [0.25, 0.3) is 0 Å². The van der Waals surface area contributed by atoms with Gasteiger partial charge in [-0.05, 0) is 33.6 Å². The van der Waals surface area contributed by atoms with Crippen molar-refractivity contribution in [3.05, 3.63) is 22.2 Å². The second-order valence-corrected chi connectivity index (χ2v) is 3.46. The van der Waals surface area contributed by atoms with Gasteiger partial charge in [0.05, 0.1) is 10.7 Å². The minimum Gasteiger partial charge on any atom is -0.504 e. The van der Waals surface area contributed by atoms with Gasteiger partial charge in [0.1, 0.15) is 0 Å². The molecule has 0 aromatic heterocycles. The second-order valence-electron chi connectivity index (χ2n) is 2.60. The number of phenolic OH excluding ortho intramolecular Hbond substituents is 2. The summed E-state index contributed by atoms with van der Waals surface area (Å²) >= 11 is 3.03. The number of hydrogen-bond donors (Lipinski definition) is 4. The Balaban J connectivity index is 2.87. The Labute approximate surface area is 93.5 Å². The number of amides is 2. The van der Waals surface area contributed by atoms with Crippen molar-refractivity contribution in [2.45, 2.75) is 0 Å². The van der Waals surface area contributed by atoms with Crippen molar-refractivity contribution in [3.63, 3.8) is 0 Å². The van der Waals surface area contributed by atoms with Crippen molar-refractivity contribution < 1.29 is 15.0 Å². The number of nitrogens with one attached hydrogen (secondary N) is 1. The number of urea groups is 1. The molecule has 80 valence electrons. The average molecular weight is 274 g/mol. The van der Waals surface area contributed by atoms with Crippen molar-refractivity contribution >= 4 is 28.2 Å². The minimum atomic E-state index is -0.784. The van der Waals surface area contributed by atoms with Crippen LogP contribution in [0.2, 0.25) is 0 Å². The van der Waals surface area contributed by atoms with Gasteiger partial charge in [-0.15, -0.1) is 0 Å². The molecule has 0 spiro atoms. The summed E-state index contributed by atoms with van der Waals surface area (Å²) < 4.78 is 0.322. The highest BCUT2D eigenvalue weighted by atomic mass is 79.9. The number of primary amides is 1. The van der Waals surface area contributed by atoms with E-state index in [-0.39, 0.29) is 11.5 Å². The van der Waals surface area contributed by atoms with E-state index in [1.165, 1.54) is 18.3 Å². The third-order valence-corrected chi connectivity index (χ3v) is 2.06. The molecule has 0 saturated carbocycles. The van der Waals surface area contributed by atoms with E-state index in [2.05, 4.69) is 21.0 Å². The van der Waals surface area contributed by atoms with Crippen LogP contribution in [0.1, 0.15) is 5.56 Å². The van der Waals surface area contributed by atoms with E-state index in [1.54, 1.807) is 0 Å². The zero-order chi connectivity index (χ0) is 11.4. The molecule has 15 heavy (non-hydrogen) atoms. The zero-order valence-electron chi connectivity index (χ0n) is 7.44. The number of carbonyl (C=O) groups is 1. The van der Waals surface area contributed by atoms with Gasteiger partial charge in [0, 0.05) is 0 Å². The molecule has 2 amide bonds. The summed E-state index contributed by atoms with van der Waals surface area (Å²) in [6.45, 7) is 0. The van der Waals surface area contributed by atoms with E-state index in [0.29, 0.717) is 10.0 Å². The van der Waals surface area contributed by atoms with Crippen LogP contribution in [0, 0.1) is 0 Å². The molecule has 0 radical (unpaired) electrons. The SMILES string of the molecule is NC(=O)N/N=C\c1cc(O)c(O)c(Br)c1. The Morgan fingerprint density at radius 2 is 2.20 bits per heavy atom. The first-order valence-corrected chi connectivity index (χ1v) is 4.60. The topological polar surface area (TPSA) is 108 Å². The van der Waals surface area contributed by atoms with Crippen LogP contribution < -0.4 is 11.2 Å². The molecule has 1 rings (SSSR count). The predicted molar refractivity (Wildman–Crippen MR) is 57.8 cm³/mol. The summed E-state index contributed by atoms with van der Waals surface area (Å²) in [5.41, 5.74) is 7.27. The summed E-state index contributed by atoms with van der Waals surface area (Å²) in [7, 11) is 0. The van der Waals surface area contributed by atoms with E-state index < -0.39 is 6.03 Å². The van der Waals surface area contributed by atoms with Crippen LogP contribution in [-0.2, 0) is 0 Å². The average Bonchev–Trinajstić information content (AvgIpc) is 2.13. The van der Waals surface area contributed by atoms with Gasteiger partial charge >= 0.3 is 6.03 Å². The first-order chi connectivity index (χ1) is 7.00. The van der Waals surface area contributed by atoms with E-state index in [4.69, 9.17) is 5.73 Å². The smallest absolute Gasteiger partial charge is 0.332 e. The van der Waals surface area contributed by atoms with Crippen LogP contribution >= 0.6 is 15.9 Å². The molecule has 6 nitrogen and oxygen atoms in total. The van der Waals surface area contributed by atoms with Gasteiger partial charge in [-0.1, -0.05) is 0 Å². The monoisotopic (exact) mass is 273 g/mol. The lowest BCUT2D eigenvalue weighted by molar-refractivity contribution is 0.249. The summed E-state index contributed by atoms with van der Waals surface area (Å²) in [4.78, 5) is 10.3. The number of nitrogens with zero attached hydrogens (tertiary/aromatic N) is 1. The summed E-state index contributed by atoms with van der Waals surface area (Å²) in [5.74, 6) is -0.542. The van der Waals surface area contributed by atoms with Gasteiger partial charge in [-0.2, -0.15) is 5.10 Å². The highest BCUT2D eigenvalue weighted by molar-refractivity contribution is 9.10. The first kappa shape index (κ1) is 11.3. The molecule has 0 heterocycles. The van der Waals surface area contributed by atoms with Gasteiger partial charge < -0.3 is 15.9 Å². The normalized spacial score (nSPS) is 10.5. The maximum Gasteiger partial charge on any atom is 0.332 e. The number of carbonyl (C=O) groups excluding carboxylic acids is 1. The van der Waals surface area contributed by atoms with Crippen LogP contribution in [-0.4, -0.2) is 22.5 Å². The van der Waals surface area contributed by atoms with Crippen LogP contribution in [0.15, 0.2) is 21.7 Å². The molecule has 1 aromatic carbocycles. The maximum absolute atomic E-state index is 10.3. The molecular weight excluding hydrogens is 266 g/mol. The molecule has 0 bridgehead atoms. The van der Waals surface area contributed by atoms with Crippen molar-refractivity contribution in [1.82, 2.24) is 5.43 Å². The number of hydrogen-bond acceptors (Lipinski definition) is 4. The van der Waals surface area contributed by atoms with Crippen LogP contribution in [0.25, 0.3) is 0 Å². The van der Waals surface area contributed by atoms with E-state index in [1.807, 2.05) is 5.43 Å². The fourth-order valence-electron chi connectivity index (χ4n) is 0.850. The molecule has 1 aromatic rings. The lowest BCUT2D eigenvalue weighted by Crippen LogP contribution is -2.24. The molecule has 0 aliphatic carbocycles. The number of nitrogens with two attached hydrogens (primary N) is 1. The fourth-order valence-corrected chi connectivity index (χ4v) is 1.32. The van der Waals surface area contributed by atoms with E-state index in [0.717, 1.165) is 0 Å². The number of benzene rings is 1. The van der Waals surface area contributed by atoms with E-state index >= 15 is 0 Å². The number of phenols is 2. The van der Waals surface area contributed by atoms with Crippen molar-refractivity contribution in [1.29, 1.82) is 0 Å². The summed E-state index contributed by atoms with van der Waals surface area (Å²) in [6.07, 6.45) is 1.27. The predicted octanol–water partition coefficient (Wildman–Crippen LogP) is 0.862. The highest BCUT2D eigenvalue weighted by Crippen LogP contribution is 2.33. The molecule has 0 aliphatic rings. The van der Waals surface area contributed by atoms with Gasteiger partial charge in [-0.25, -0.2) is 10.2 Å². The molecule has 0 atom stereocenters. The Morgan fingerprint density at radius 3 is 2.73 bits per heavy atom. The quantitative estimate of drug-likeness (QED) is 0.365. The Bertz CT molecular complexity index is 397. The summed E-state index contributed by atoms with van der Waals surface area (Å²) in [6, 6.07) is 2.02. The van der Waals surface area contributed by atoms with Crippen LogP contribution in [0.4, 0.5) is 4.79 Å². The standard InChI is InChI=1S/C8H8BrN3O3/c9-5-1-4(2-6(13)7(5)14)3-11-12-8(10)15/h1-3,13-14H,(H3,10,12,15)/b11-3-. The molecule has 0 saturated heterocycles. The van der Waals surface area contributed by atoms with Crippen molar-refractivity contribution in [2.75, 3.05) is 0 Å². The summed E-state index contributed by atoms with van der Waals surface area (Å²) in [5, 5.41) is 21.9. The minimum absolute atomic E-state index is 0.255. The number of hydrazone groups is 1. The third kappa shape index (κ3) is 3.13. The van der Waals surface area contributed by atoms with Crippen molar-refractivity contribution in [2.24, 2.45) is 10.8 Å². The third-order valence-electron chi connectivity index (χ3n) is 1.45. The lowest BCUT2D eigenvalue weighted by atomic mass is 10.2. The second kappa shape index (κ2) is 4.65. The highest BCUT2D eigenvalue weighted by Gasteiger charge is 2.05. The Hall–Kier alpha value is -1.76. The Morgan fingerprint density at radius 1 is 1.53 bits per heavy atom.